The van der Waals surface area contributed by atoms with Crippen molar-refractivity contribution in [2.45, 2.75) is 13.5 Å². The molecule has 0 spiro atoms. The van der Waals surface area contributed by atoms with Crippen LogP contribution in [0.1, 0.15) is 11.5 Å². The van der Waals surface area contributed by atoms with Crippen LogP contribution in [0, 0.1) is 6.92 Å². The molecule has 0 fully saturated rings. The van der Waals surface area contributed by atoms with Crippen LogP contribution in [0.25, 0.3) is 28.2 Å². The van der Waals surface area contributed by atoms with E-state index in [9.17, 15) is 4.79 Å². The normalized spacial score (nSPS) is 11.3. The Kier molecular flexibility index (Phi) is 4.44. The number of nitrogens with zero attached hydrogens (tertiary/aromatic N) is 5. The first kappa shape index (κ1) is 18.3. The van der Waals surface area contributed by atoms with Crippen LogP contribution >= 0.6 is 11.6 Å². The molecule has 7 nitrogen and oxygen atoms in total. The molecule has 0 unspecified atom stereocenters. The monoisotopic (exact) mass is 417 g/mol. The topological polar surface area (TPSA) is 78.2 Å². The van der Waals surface area contributed by atoms with E-state index in [-0.39, 0.29) is 12.1 Å². The van der Waals surface area contributed by atoms with Crippen molar-refractivity contribution in [1.82, 2.24) is 24.3 Å². The van der Waals surface area contributed by atoms with Crippen LogP contribution in [0.5, 0.6) is 0 Å². The minimum Gasteiger partial charge on any atom is -0.337 e. The number of aryl methyl sites for hydroxylation is 1. The van der Waals surface area contributed by atoms with E-state index in [0.717, 1.165) is 16.7 Å². The zero-order valence-electron chi connectivity index (χ0n) is 16.0. The van der Waals surface area contributed by atoms with Gasteiger partial charge < -0.3 is 9.09 Å². The molecule has 2 aromatic carbocycles. The molecular formula is C22H16ClN5O2. The molecule has 3 heterocycles. The van der Waals surface area contributed by atoms with Crippen molar-refractivity contribution in [2.24, 2.45) is 0 Å². The lowest BCUT2D eigenvalue weighted by atomic mass is 10.1. The average molecular weight is 418 g/mol. The second-order valence-corrected chi connectivity index (χ2v) is 7.36. The van der Waals surface area contributed by atoms with Crippen LogP contribution in [-0.4, -0.2) is 24.3 Å². The number of hydrogen-bond donors (Lipinski definition) is 0. The smallest absolute Gasteiger partial charge is 0.277 e. The van der Waals surface area contributed by atoms with Crippen LogP contribution < -0.4 is 5.56 Å². The van der Waals surface area contributed by atoms with Crippen molar-refractivity contribution in [1.29, 1.82) is 0 Å². The summed E-state index contributed by atoms with van der Waals surface area (Å²) in [7, 11) is 0. The molecule has 0 saturated heterocycles. The first-order valence-corrected chi connectivity index (χ1v) is 9.69. The number of hydrogen-bond acceptors (Lipinski definition) is 5. The Morgan fingerprint density at radius 3 is 2.67 bits per heavy atom. The SMILES string of the molecule is Cc1ccccc1-c1noc(Cn2ccn3nc(-c4ccc(Cl)cc4)cc3c2=O)n1. The standard InChI is InChI=1S/C22H16ClN5O2/c1-14-4-2-3-5-17(14)21-24-20(30-26-21)13-27-10-11-28-19(22(27)29)12-18(25-28)15-6-8-16(23)9-7-15/h2-12H,13H2,1H3. The number of halogens is 1. The van der Waals surface area contributed by atoms with Gasteiger partial charge in [0.1, 0.15) is 12.1 Å². The molecule has 5 rings (SSSR count). The van der Waals surface area contributed by atoms with Gasteiger partial charge in [0.25, 0.3) is 5.56 Å². The summed E-state index contributed by atoms with van der Waals surface area (Å²) < 4.78 is 8.47. The highest BCUT2D eigenvalue weighted by atomic mass is 35.5. The number of aromatic nitrogens is 5. The maximum Gasteiger partial charge on any atom is 0.277 e. The lowest BCUT2D eigenvalue weighted by molar-refractivity contribution is 0.370. The zero-order chi connectivity index (χ0) is 20.7. The van der Waals surface area contributed by atoms with E-state index >= 15 is 0 Å². The van der Waals surface area contributed by atoms with Crippen LogP contribution in [-0.2, 0) is 6.54 Å². The second-order valence-electron chi connectivity index (χ2n) is 6.92. The Morgan fingerprint density at radius 2 is 1.87 bits per heavy atom. The fourth-order valence-electron chi connectivity index (χ4n) is 3.31. The van der Waals surface area contributed by atoms with E-state index in [1.807, 2.05) is 43.3 Å². The minimum absolute atomic E-state index is 0.176. The third kappa shape index (κ3) is 3.29. The molecule has 0 bridgehead atoms. The third-order valence-electron chi connectivity index (χ3n) is 4.90. The largest absolute Gasteiger partial charge is 0.337 e. The summed E-state index contributed by atoms with van der Waals surface area (Å²) in [5.41, 5.74) is 3.80. The maximum atomic E-state index is 13.0. The van der Waals surface area contributed by atoms with Crippen molar-refractivity contribution >= 4 is 17.1 Å². The second kappa shape index (κ2) is 7.27. The van der Waals surface area contributed by atoms with Crippen molar-refractivity contribution in [2.75, 3.05) is 0 Å². The van der Waals surface area contributed by atoms with Gasteiger partial charge in [0.15, 0.2) is 0 Å². The maximum absolute atomic E-state index is 13.0. The van der Waals surface area contributed by atoms with Crippen LogP contribution in [0.2, 0.25) is 5.02 Å². The van der Waals surface area contributed by atoms with Gasteiger partial charge in [-0.1, -0.05) is 53.2 Å². The summed E-state index contributed by atoms with van der Waals surface area (Å²) in [6.07, 6.45) is 3.39. The van der Waals surface area contributed by atoms with Crippen LogP contribution in [0.4, 0.5) is 0 Å². The summed E-state index contributed by atoms with van der Waals surface area (Å²) in [5.74, 6) is 0.865. The molecule has 0 amide bonds. The highest BCUT2D eigenvalue weighted by Crippen LogP contribution is 2.21. The summed E-state index contributed by atoms with van der Waals surface area (Å²) >= 11 is 5.95. The Labute approximate surface area is 176 Å². The van der Waals surface area contributed by atoms with Crippen molar-refractivity contribution in [3.63, 3.8) is 0 Å². The highest BCUT2D eigenvalue weighted by Gasteiger charge is 2.14. The van der Waals surface area contributed by atoms with Gasteiger partial charge in [-0.3, -0.25) is 4.79 Å². The Balaban J connectivity index is 1.47. The lowest BCUT2D eigenvalue weighted by Crippen LogP contribution is -2.21. The van der Waals surface area contributed by atoms with E-state index in [4.69, 9.17) is 16.1 Å². The number of benzene rings is 2. The Bertz CT molecular complexity index is 1420. The Morgan fingerprint density at radius 1 is 1.07 bits per heavy atom. The van der Waals surface area contributed by atoms with E-state index in [1.54, 1.807) is 35.1 Å². The molecule has 3 aromatic heterocycles. The van der Waals surface area contributed by atoms with E-state index in [2.05, 4.69) is 15.2 Å². The average Bonchev–Trinajstić information content (AvgIpc) is 3.39. The van der Waals surface area contributed by atoms with Crippen LogP contribution in [0.15, 0.2) is 76.3 Å². The molecular weight excluding hydrogens is 402 g/mol. The lowest BCUT2D eigenvalue weighted by Gasteiger charge is -2.02. The van der Waals surface area contributed by atoms with Gasteiger partial charge in [-0.2, -0.15) is 10.1 Å². The van der Waals surface area contributed by atoms with Gasteiger partial charge >= 0.3 is 0 Å². The van der Waals surface area contributed by atoms with Crippen molar-refractivity contribution < 1.29 is 4.52 Å². The zero-order valence-corrected chi connectivity index (χ0v) is 16.7. The van der Waals surface area contributed by atoms with Gasteiger partial charge in [0.05, 0.1) is 5.69 Å². The molecule has 0 aliphatic rings. The number of rotatable bonds is 4. The van der Waals surface area contributed by atoms with Crippen molar-refractivity contribution in [3.05, 3.63) is 93.8 Å². The fraction of sp³-hybridized carbons (Fsp3) is 0.0909. The molecule has 0 N–H and O–H groups in total. The van der Waals surface area contributed by atoms with E-state index < -0.39 is 0 Å². The third-order valence-corrected chi connectivity index (χ3v) is 5.16. The molecule has 0 aliphatic carbocycles. The summed E-state index contributed by atoms with van der Waals surface area (Å²) in [6.45, 7) is 2.16. The van der Waals surface area contributed by atoms with E-state index in [0.29, 0.717) is 27.9 Å². The van der Waals surface area contributed by atoms with Crippen molar-refractivity contribution in [3.8, 4) is 22.6 Å². The predicted molar refractivity (Wildman–Crippen MR) is 113 cm³/mol. The quantitative estimate of drug-likeness (QED) is 0.437. The van der Waals surface area contributed by atoms with E-state index in [1.165, 1.54) is 4.57 Å². The van der Waals surface area contributed by atoms with Crippen LogP contribution in [0.3, 0.4) is 0 Å². The summed E-state index contributed by atoms with van der Waals surface area (Å²) in [4.78, 5) is 17.4. The van der Waals surface area contributed by atoms with Gasteiger partial charge in [0, 0.05) is 28.5 Å². The molecule has 0 aliphatic heterocycles. The van der Waals surface area contributed by atoms with Gasteiger partial charge in [-0.15, -0.1) is 0 Å². The van der Waals surface area contributed by atoms with Gasteiger partial charge in [0.2, 0.25) is 11.7 Å². The van der Waals surface area contributed by atoms with Gasteiger partial charge in [-0.05, 0) is 30.7 Å². The molecule has 0 saturated carbocycles. The molecule has 5 aromatic rings. The minimum atomic E-state index is -0.194. The highest BCUT2D eigenvalue weighted by molar-refractivity contribution is 6.30. The fourth-order valence-corrected chi connectivity index (χ4v) is 3.44. The molecule has 0 atom stereocenters. The molecule has 8 heteroatoms. The summed E-state index contributed by atoms with van der Waals surface area (Å²) in [6, 6.07) is 16.9. The molecule has 30 heavy (non-hydrogen) atoms. The first-order valence-electron chi connectivity index (χ1n) is 9.32. The van der Waals surface area contributed by atoms with Gasteiger partial charge in [-0.25, -0.2) is 4.52 Å². The molecule has 0 radical (unpaired) electrons. The Hall–Kier alpha value is -3.71. The first-order chi connectivity index (χ1) is 14.6. The molecule has 148 valence electrons. The number of fused-ring (bicyclic) bond motifs is 1. The predicted octanol–water partition coefficient (Wildman–Crippen LogP) is 4.22. The summed E-state index contributed by atoms with van der Waals surface area (Å²) in [5, 5.41) is 9.19.